The van der Waals surface area contributed by atoms with Crippen molar-refractivity contribution >= 4 is 11.6 Å². The van der Waals surface area contributed by atoms with Gasteiger partial charge >= 0.3 is 0 Å². The van der Waals surface area contributed by atoms with Crippen molar-refractivity contribution in [2.24, 2.45) is 5.41 Å². The second-order valence-electron chi connectivity index (χ2n) is 5.04. The number of amides is 1. The van der Waals surface area contributed by atoms with Gasteiger partial charge in [0, 0.05) is 23.4 Å². The number of fused-ring (bicyclic) bond motifs is 1. The summed E-state index contributed by atoms with van der Waals surface area (Å²) >= 11 is 0. The average Bonchev–Trinajstić information content (AvgIpc) is 2.24. The largest absolute Gasteiger partial charge is 0.380 e. The summed E-state index contributed by atoms with van der Waals surface area (Å²) in [5, 5.41) is 2.93. The summed E-state index contributed by atoms with van der Waals surface area (Å²) in [5.74, 6) is 0.419. The molecule has 1 aromatic rings. The molecule has 0 bridgehead atoms. The molecule has 1 fully saturated rings. The third-order valence-electron chi connectivity index (χ3n) is 3.70. The summed E-state index contributed by atoms with van der Waals surface area (Å²) in [6.07, 6.45) is 0.580. The first kappa shape index (κ1) is 9.85. The first-order valence-electron chi connectivity index (χ1n) is 5.66. The Kier molecular flexibility index (Phi) is 2.04. The molecule has 0 aliphatic carbocycles. The van der Waals surface area contributed by atoms with Crippen molar-refractivity contribution in [3.63, 3.8) is 0 Å². The minimum Gasteiger partial charge on any atom is -0.380 e. The molecule has 1 atom stereocenters. The van der Waals surface area contributed by atoms with E-state index < -0.39 is 0 Å². The Morgan fingerprint density at radius 2 is 2.12 bits per heavy atom. The van der Waals surface area contributed by atoms with E-state index in [2.05, 4.69) is 18.3 Å². The van der Waals surface area contributed by atoms with Crippen LogP contribution in [0.5, 0.6) is 0 Å². The topological polar surface area (TPSA) is 38.3 Å². The van der Waals surface area contributed by atoms with Gasteiger partial charge in [-0.3, -0.25) is 4.79 Å². The average molecular weight is 217 g/mol. The van der Waals surface area contributed by atoms with Crippen molar-refractivity contribution in [1.82, 2.24) is 0 Å². The maximum atomic E-state index is 11.7. The molecule has 0 radical (unpaired) electrons. The zero-order chi connectivity index (χ0) is 11.2. The Morgan fingerprint density at radius 1 is 1.38 bits per heavy atom. The first-order chi connectivity index (χ1) is 7.69. The maximum absolute atomic E-state index is 11.7. The Morgan fingerprint density at radius 3 is 2.81 bits per heavy atom. The minimum atomic E-state index is 0.122. The van der Waals surface area contributed by atoms with Crippen LogP contribution in [0.1, 0.15) is 24.8 Å². The molecule has 1 amide bonds. The lowest BCUT2D eigenvalue weighted by Gasteiger charge is -2.46. The number of hydrogen-bond donors (Lipinski definition) is 1. The lowest BCUT2D eigenvalue weighted by molar-refractivity contribution is -0.130. The van der Waals surface area contributed by atoms with Gasteiger partial charge in [-0.2, -0.15) is 0 Å². The molecule has 2 aliphatic heterocycles. The van der Waals surface area contributed by atoms with Crippen LogP contribution in [0, 0.1) is 5.41 Å². The predicted molar refractivity (Wildman–Crippen MR) is 61.4 cm³/mol. The van der Waals surface area contributed by atoms with Crippen molar-refractivity contribution in [2.45, 2.75) is 19.3 Å². The zero-order valence-corrected chi connectivity index (χ0v) is 9.32. The van der Waals surface area contributed by atoms with Crippen LogP contribution in [0.4, 0.5) is 5.69 Å². The summed E-state index contributed by atoms with van der Waals surface area (Å²) in [4.78, 5) is 11.7. The molecule has 1 N–H and O–H groups in total. The normalized spacial score (nSPS) is 26.6. The number of nitrogens with one attached hydrogen (secondary N) is 1. The molecule has 16 heavy (non-hydrogen) atoms. The van der Waals surface area contributed by atoms with Gasteiger partial charge in [-0.1, -0.05) is 25.1 Å². The number of benzene rings is 1. The van der Waals surface area contributed by atoms with Crippen LogP contribution in [0.2, 0.25) is 0 Å². The molecule has 1 saturated heterocycles. The zero-order valence-electron chi connectivity index (χ0n) is 9.32. The van der Waals surface area contributed by atoms with Gasteiger partial charge in [0.2, 0.25) is 5.91 Å². The third kappa shape index (κ3) is 1.35. The second-order valence-corrected chi connectivity index (χ2v) is 5.04. The lowest BCUT2D eigenvalue weighted by atomic mass is 9.69. The number of carbonyl (C=O) groups is 1. The van der Waals surface area contributed by atoms with Crippen molar-refractivity contribution < 1.29 is 9.53 Å². The number of carbonyl (C=O) groups excluding carboxylic acids is 1. The highest BCUT2D eigenvalue weighted by atomic mass is 16.5. The van der Waals surface area contributed by atoms with Crippen molar-refractivity contribution in [2.75, 3.05) is 18.5 Å². The van der Waals surface area contributed by atoms with Gasteiger partial charge in [-0.05, 0) is 11.6 Å². The molecule has 0 unspecified atom stereocenters. The fourth-order valence-electron chi connectivity index (χ4n) is 2.66. The predicted octanol–water partition coefficient (Wildman–Crippen LogP) is 2.15. The van der Waals surface area contributed by atoms with Gasteiger partial charge in [0.15, 0.2) is 0 Å². The Hall–Kier alpha value is -1.35. The standard InChI is InChI=1S/C13H15NO2/c1-13(7-16-8-13)10-6-12(15)14-11-5-3-2-4-9(10)11/h2-5,10H,6-8H2,1H3,(H,14,15)/t10-/m1/s1. The fourth-order valence-corrected chi connectivity index (χ4v) is 2.66. The van der Waals surface area contributed by atoms with Gasteiger partial charge in [0.1, 0.15) is 0 Å². The van der Waals surface area contributed by atoms with Crippen LogP contribution in [-0.4, -0.2) is 19.1 Å². The molecule has 0 spiro atoms. The molecular formula is C13H15NO2. The van der Waals surface area contributed by atoms with Crippen molar-refractivity contribution in [1.29, 1.82) is 0 Å². The van der Waals surface area contributed by atoms with Gasteiger partial charge in [0.05, 0.1) is 13.2 Å². The SMILES string of the molecule is CC1([C@@H]2CC(=O)Nc3ccccc32)COC1. The van der Waals surface area contributed by atoms with Gasteiger partial charge in [-0.25, -0.2) is 0 Å². The van der Waals surface area contributed by atoms with Crippen LogP contribution in [-0.2, 0) is 9.53 Å². The first-order valence-corrected chi connectivity index (χ1v) is 5.66. The lowest BCUT2D eigenvalue weighted by Crippen LogP contribution is -2.47. The summed E-state index contributed by atoms with van der Waals surface area (Å²) in [6, 6.07) is 8.08. The van der Waals surface area contributed by atoms with Crippen LogP contribution in [0.3, 0.4) is 0 Å². The molecule has 3 rings (SSSR count). The van der Waals surface area contributed by atoms with Crippen LogP contribution < -0.4 is 5.32 Å². The molecule has 0 saturated carbocycles. The monoisotopic (exact) mass is 217 g/mol. The van der Waals surface area contributed by atoms with E-state index in [0.29, 0.717) is 12.3 Å². The van der Waals surface area contributed by atoms with Gasteiger partial charge in [0.25, 0.3) is 0 Å². The number of para-hydroxylation sites is 1. The Balaban J connectivity index is 2.03. The van der Waals surface area contributed by atoms with E-state index in [4.69, 9.17) is 4.74 Å². The second kappa shape index (κ2) is 3.32. The summed E-state index contributed by atoms with van der Waals surface area (Å²) < 4.78 is 5.31. The Labute approximate surface area is 94.8 Å². The molecular weight excluding hydrogens is 202 g/mol. The molecule has 0 aromatic heterocycles. The molecule has 84 valence electrons. The van der Waals surface area contributed by atoms with Gasteiger partial charge < -0.3 is 10.1 Å². The number of ether oxygens (including phenoxy) is 1. The third-order valence-corrected chi connectivity index (χ3v) is 3.70. The molecule has 2 aliphatic rings. The minimum absolute atomic E-state index is 0.122. The van der Waals surface area contributed by atoms with Gasteiger partial charge in [-0.15, -0.1) is 0 Å². The summed E-state index contributed by atoms with van der Waals surface area (Å²) in [7, 11) is 0. The van der Waals surface area contributed by atoms with E-state index in [0.717, 1.165) is 18.9 Å². The Bertz CT molecular complexity index is 437. The van der Waals surface area contributed by atoms with Crippen LogP contribution in [0.15, 0.2) is 24.3 Å². The van der Waals surface area contributed by atoms with Crippen molar-refractivity contribution in [3.8, 4) is 0 Å². The smallest absolute Gasteiger partial charge is 0.225 e. The van der Waals surface area contributed by atoms with Crippen molar-refractivity contribution in [3.05, 3.63) is 29.8 Å². The highest BCUT2D eigenvalue weighted by molar-refractivity contribution is 5.94. The molecule has 3 heteroatoms. The van der Waals surface area contributed by atoms with Crippen LogP contribution >= 0.6 is 0 Å². The number of hydrogen-bond acceptors (Lipinski definition) is 2. The van der Waals surface area contributed by atoms with E-state index in [9.17, 15) is 4.79 Å². The van der Waals surface area contributed by atoms with E-state index in [1.165, 1.54) is 5.56 Å². The quantitative estimate of drug-likeness (QED) is 0.782. The summed E-state index contributed by atoms with van der Waals surface area (Å²) in [5.41, 5.74) is 2.36. The number of anilines is 1. The van der Waals surface area contributed by atoms with E-state index in [-0.39, 0.29) is 11.3 Å². The van der Waals surface area contributed by atoms with E-state index in [1.54, 1.807) is 0 Å². The fraction of sp³-hybridized carbons (Fsp3) is 0.462. The van der Waals surface area contributed by atoms with E-state index >= 15 is 0 Å². The maximum Gasteiger partial charge on any atom is 0.225 e. The van der Waals surface area contributed by atoms with Crippen LogP contribution in [0.25, 0.3) is 0 Å². The highest BCUT2D eigenvalue weighted by Crippen LogP contribution is 2.47. The summed E-state index contributed by atoms with van der Waals surface area (Å²) in [6.45, 7) is 3.73. The van der Waals surface area contributed by atoms with E-state index in [1.807, 2.05) is 18.2 Å². The molecule has 1 aromatic carbocycles. The molecule has 2 heterocycles. The molecule has 3 nitrogen and oxygen atoms in total. The highest BCUT2D eigenvalue weighted by Gasteiger charge is 2.45. The number of rotatable bonds is 1.